The number of hydrogen-bond acceptors (Lipinski definition) is 3. The zero-order valence-electron chi connectivity index (χ0n) is 9.63. The molecule has 4 nitrogen and oxygen atoms in total. The van der Waals surface area contributed by atoms with Crippen LogP contribution in [0.4, 0.5) is 0 Å². The first kappa shape index (κ1) is 13.0. The largest absolute Gasteiger partial charge is 0.481 e. The van der Waals surface area contributed by atoms with E-state index in [0.717, 1.165) is 23.0 Å². The first-order valence-corrected chi connectivity index (χ1v) is 6.59. The van der Waals surface area contributed by atoms with Gasteiger partial charge in [-0.05, 0) is 24.6 Å². The molecule has 0 aliphatic carbocycles. The van der Waals surface area contributed by atoms with Gasteiger partial charge in [-0.3, -0.25) is 9.36 Å². The summed E-state index contributed by atoms with van der Waals surface area (Å²) in [6.07, 6.45) is 3.40. The van der Waals surface area contributed by atoms with E-state index in [0.29, 0.717) is 10.2 Å². The molecule has 1 heterocycles. The maximum absolute atomic E-state index is 10.6. The van der Waals surface area contributed by atoms with E-state index in [2.05, 4.69) is 4.98 Å². The fourth-order valence-corrected chi connectivity index (χ4v) is 2.41. The van der Waals surface area contributed by atoms with Crippen LogP contribution in [0, 0.1) is 6.92 Å². The zero-order chi connectivity index (χ0) is 13.1. The number of aromatic nitrogens is 2. The van der Waals surface area contributed by atoms with Gasteiger partial charge >= 0.3 is 5.97 Å². The first-order chi connectivity index (χ1) is 8.58. The number of imidazole rings is 1. The maximum atomic E-state index is 10.6. The van der Waals surface area contributed by atoms with Crippen molar-refractivity contribution in [3.8, 4) is 5.69 Å². The van der Waals surface area contributed by atoms with Crippen LogP contribution in [0.3, 0.4) is 0 Å². The molecule has 6 heteroatoms. The molecule has 0 spiro atoms. The fraction of sp³-hybridized carbons (Fsp3) is 0.167. The maximum Gasteiger partial charge on any atom is 0.313 e. The number of halogens is 1. The Bertz CT molecular complexity index is 583. The number of carboxylic acids is 1. The third-order valence-electron chi connectivity index (χ3n) is 2.29. The van der Waals surface area contributed by atoms with E-state index < -0.39 is 5.97 Å². The van der Waals surface area contributed by atoms with Crippen molar-refractivity contribution in [3.05, 3.63) is 41.2 Å². The third kappa shape index (κ3) is 2.86. The van der Waals surface area contributed by atoms with Crippen molar-refractivity contribution < 1.29 is 9.90 Å². The molecule has 0 saturated heterocycles. The van der Waals surface area contributed by atoms with Gasteiger partial charge in [0.2, 0.25) is 0 Å². The van der Waals surface area contributed by atoms with E-state index in [1.54, 1.807) is 17.0 Å². The van der Waals surface area contributed by atoms with Crippen LogP contribution in [-0.4, -0.2) is 26.4 Å². The second-order valence-corrected chi connectivity index (χ2v) is 5.07. The molecular weight excluding hydrogens is 272 g/mol. The molecule has 1 N–H and O–H groups in total. The Hall–Kier alpha value is -1.46. The lowest BCUT2D eigenvalue weighted by Gasteiger charge is -2.09. The van der Waals surface area contributed by atoms with Crippen molar-refractivity contribution in [2.75, 3.05) is 5.75 Å². The number of aryl methyl sites for hydroxylation is 1. The van der Waals surface area contributed by atoms with Crippen molar-refractivity contribution in [2.45, 2.75) is 12.1 Å². The van der Waals surface area contributed by atoms with Gasteiger partial charge in [-0.25, -0.2) is 4.98 Å². The highest BCUT2D eigenvalue weighted by Gasteiger charge is 2.10. The van der Waals surface area contributed by atoms with Crippen LogP contribution in [0.15, 0.2) is 35.7 Å². The van der Waals surface area contributed by atoms with Gasteiger partial charge in [0.1, 0.15) is 0 Å². The quantitative estimate of drug-likeness (QED) is 0.876. The highest BCUT2D eigenvalue weighted by atomic mass is 35.5. The Morgan fingerprint density at radius 1 is 1.56 bits per heavy atom. The molecule has 2 aromatic rings. The van der Waals surface area contributed by atoms with Crippen LogP contribution in [0.1, 0.15) is 5.56 Å². The number of hydrogen-bond donors (Lipinski definition) is 1. The number of aliphatic carboxylic acids is 1. The van der Waals surface area contributed by atoms with Crippen LogP contribution in [0.25, 0.3) is 5.69 Å². The van der Waals surface area contributed by atoms with E-state index in [1.165, 1.54) is 0 Å². The second kappa shape index (κ2) is 5.46. The topological polar surface area (TPSA) is 55.1 Å². The van der Waals surface area contributed by atoms with Gasteiger partial charge in [-0.2, -0.15) is 0 Å². The van der Waals surface area contributed by atoms with Crippen LogP contribution in [-0.2, 0) is 4.79 Å². The molecule has 0 aliphatic heterocycles. The Balaban J connectivity index is 2.36. The van der Waals surface area contributed by atoms with E-state index in [1.807, 2.05) is 25.1 Å². The Kier molecular flexibility index (Phi) is 3.93. The molecule has 18 heavy (non-hydrogen) atoms. The smallest absolute Gasteiger partial charge is 0.313 e. The van der Waals surface area contributed by atoms with Crippen molar-refractivity contribution in [3.63, 3.8) is 0 Å². The first-order valence-electron chi connectivity index (χ1n) is 5.22. The van der Waals surface area contributed by atoms with Crippen molar-refractivity contribution in [1.82, 2.24) is 9.55 Å². The Labute approximate surface area is 114 Å². The average molecular weight is 283 g/mol. The normalized spacial score (nSPS) is 10.6. The van der Waals surface area contributed by atoms with Crippen molar-refractivity contribution in [2.24, 2.45) is 0 Å². The van der Waals surface area contributed by atoms with Gasteiger partial charge in [-0.15, -0.1) is 0 Å². The van der Waals surface area contributed by atoms with Gasteiger partial charge in [0.25, 0.3) is 0 Å². The lowest BCUT2D eigenvalue weighted by atomic mass is 10.2. The summed E-state index contributed by atoms with van der Waals surface area (Å²) < 4.78 is 1.79. The van der Waals surface area contributed by atoms with Gasteiger partial charge < -0.3 is 5.11 Å². The number of carboxylic acid groups (broad SMARTS) is 1. The monoisotopic (exact) mass is 282 g/mol. The number of nitrogens with zero attached hydrogens (tertiary/aromatic N) is 2. The highest BCUT2D eigenvalue weighted by Crippen LogP contribution is 2.26. The summed E-state index contributed by atoms with van der Waals surface area (Å²) in [5, 5.41) is 9.91. The van der Waals surface area contributed by atoms with Crippen LogP contribution in [0.2, 0.25) is 5.02 Å². The molecule has 94 valence electrons. The molecule has 2 rings (SSSR count). The van der Waals surface area contributed by atoms with E-state index >= 15 is 0 Å². The molecule has 0 unspecified atom stereocenters. The van der Waals surface area contributed by atoms with Gasteiger partial charge in [-0.1, -0.05) is 29.4 Å². The zero-order valence-corrected chi connectivity index (χ0v) is 11.2. The number of thioether (sulfide) groups is 1. The summed E-state index contributed by atoms with van der Waals surface area (Å²) in [5.41, 5.74) is 1.89. The van der Waals surface area contributed by atoms with Crippen LogP contribution >= 0.6 is 23.4 Å². The predicted octanol–water partition coefficient (Wildman–Crippen LogP) is 3.01. The standard InChI is InChI=1S/C12H11ClN2O2S/c1-8-2-3-9(13)10(6-8)15-5-4-14-12(15)18-7-11(16)17/h2-6H,7H2,1H3,(H,16,17). The predicted molar refractivity (Wildman–Crippen MR) is 71.7 cm³/mol. The Morgan fingerprint density at radius 3 is 3.06 bits per heavy atom. The van der Waals surface area contributed by atoms with Gasteiger partial charge in [0.15, 0.2) is 5.16 Å². The highest BCUT2D eigenvalue weighted by molar-refractivity contribution is 7.99. The van der Waals surface area contributed by atoms with Gasteiger partial charge in [0.05, 0.1) is 16.5 Å². The number of benzene rings is 1. The molecule has 1 aromatic heterocycles. The second-order valence-electron chi connectivity index (χ2n) is 3.72. The minimum absolute atomic E-state index is 0.0273. The summed E-state index contributed by atoms with van der Waals surface area (Å²) in [6.45, 7) is 1.97. The molecule has 0 amide bonds. The minimum atomic E-state index is -0.870. The lowest BCUT2D eigenvalue weighted by molar-refractivity contribution is -0.133. The SMILES string of the molecule is Cc1ccc(Cl)c(-n2ccnc2SCC(=O)O)c1. The molecular formula is C12H11ClN2O2S. The van der Waals surface area contributed by atoms with Crippen LogP contribution in [0.5, 0.6) is 0 Å². The summed E-state index contributed by atoms with van der Waals surface area (Å²) in [7, 11) is 0. The van der Waals surface area contributed by atoms with E-state index in [9.17, 15) is 4.79 Å². The average Bonchev–Trinajstić information content (AvgIpc) is 2.77. The summed E-state index contributed by atoms with van der Waals surface area (Å²) >= 11 is 7.31. The Morgan fingerprint density at radius 2 is 2.33 bits per heavy atom. The summed E-state index contributed by atoms with van der Waals surface area (Å²) in [6, 6.07) is 5.68. The van der Waals surface area contributed by atoms with E-state index in [4.69, 9.17) is 16.7 Å². The molecule has 0 aliphatic rings. The molecule has 0 saturated carbocycles. The fourth-order valence-electron chi connectivity index (χ4n) is 1.51. The summed E-state index contributed by atoms with van der Waals surface area (Å²) in [4.78, 5) is 14.7. The number of carbonyl (C=O) groups is 1. The van der Waals surface area contributed by atoms with Gasteiger partial charge in [0, 0.05) is 12.4 Å². The van der Waals surface area contributed by atoms with Crippen molar-refractivity contribution in [1.29, 1.82) is 0 Å². The molecule has 1 aromatic carbocycles. The van der Waals surface area contributed by atoms with Crippen molar-refractivity contribution >= 4 is 29.3 Å². The van der Waals surface area contributed by atoms with E-state index in [-0.39, 0.29) is 5.75 Å². The van der Waals surface area contributed by atoms with Crippen LogP contribution < -0.4 is 0 Å². The molecule has 0 radical (unpaired) electrons. The summed E-state index contributed by atoms with van der Waals surface area (Å²) in [5.74, 6) is -0.898. The third-order valence-corrected chi connectivity index (χ3v) is 3.56. The molecule has 0 bridgehead atoms. The minimum Gasteiger partial charge on any atom is -0.481 e. The lowest BCUT2D eigenvalue weighted by Crippen LogP contribution is -2.02. The number of rotatable bonds is 4. The molecule has 0 atom stereocenters. The molecule has 0 fully saturated rings.